The maximum atomic E-state index is 12.3. The highest BCUT2D eigenvalue weighted by Gasteiger charge is 2.17. The number of hydrogen-bond donors (Lipinski definition) is 0. The summed E-state index contributed by atoms with van der Waals surface area (Å²) < 4.78 is 5.66. The lowest BCUT2D eigenvalue weighted by Gasteiger charge is -2.15. The second-order valence-electron chi connectivity index (χ2n) is 5.96. The van der Waals surface area contributed by atoms with Gasteiger partial charge in [0.25, 0.3) is 0 Å². The van der Waals surface area contributed by atoms with Crippen molar-refractivity contribution in [1.82, 2.24) is 0 Å². The Balaban J connectivity index is 1.66. The summed E-state index contributed by atoms with van der Waals surface area (Å²) in [5.74, 6) is -0.188. The Morgan fingerprint density at radius 2 is 1.36 bits per heavy atom. The highest BCUT2D eigenvalue weighted by molar-refractivity contribution is 5.90. The van der Waals surface area contributed by atoms with Crippen molar-refractivity contribution in [2.45, 2.75) is 44.6 Å². The minimum absolute atomic E-state index is 0.101. The summed E-state index contributed by atoms with van der Waals surface area (Å²) in [6.07, 6.45) is 6.99. The quantitative estimate of drug-likeness (QED) is 0.572. The van der Waals surface area contributed by atoms with Crippen molar-refractivity contribution in [2.24, 2.45) is 0 Å². The van der Waals surface area contributed by atoms with Crippen molar-refractivity contribution in [3.63, 3.8) is 0 Å². The van der Waals surface area contributed by atoms with E-state index in [4.69, 9.17) is 4.74 Å². The Hall–Kier alpha value is -2.09. The van der Waals surface area contributed by atoms with Gasteiger partial charge < -0.3 is 4.74 Å². The molecule has 2 nitrogen and oxygen atoms in total. The van der Waals surface area contributed by atoms with Crippen LogP contribution in [0.3, 0.4) is 0 Å². The predicted octanol–water partition coefficient (Wildman–Crippen LogP) is 5.23. The van der Waals surface area contributed by atoms with Crippen LogP contribution in [0.15, 0.2) is 54.6 Å². The van der Waals surface area contributed by atoms with E-state index < -0.39 is 0 Å². The molecule has 2 heteroatoms. The molecule has 0 radical (unpaired) electrons. The van der Waals surface area contributed by atoms with Gasteiger partial charge >= 0.3 is 5.97 Å². The van der Waals surface area contributed by atoms with Gasteiger partial charge in [0.15, 0.2) is 0 Å². The van der Waals surface area contributed by atoms with Gasteiger partial charge in [0.2, 0.25) is 0 Å². The predicted molar refractivity (Wildman–Crippen MR) is 88.8 cm³/mol. The summed E-state index contributed by atoms with van der Waals surface area (Å²) in [7, 11) is 0. The third-order valence-electron chi connectivity index (χ3n) is 4.30. The molecule has 1 aliphatic rings. The van der Waals surface area contributed by atoms with Crippen LogP contribution in [0.25, 0.3) is 11.1 Å². The zero-order valence-corrected chi connectivity index (χ0v) is 12.8. The lowest BCUT2D eigenvalue weighted by Crippen LogP contribution is -2.17. The van der Waals surface area contributed by atoms with Gasteiger partial charge in [-0.05, 0) is 48.9 Å². The summed E-state index contributed by atoms with van der Waals surface area (Å²) in [4.78, 5) is 12.3. The third-order valence-corrected chi connectivity index (χ3v) is 4.30. The van der Waals surface area contributed by atoms with E-state index in [-0.39, 0.29) is 12.1 Å². The lowest BCUT2D eigenvalue weighted by molar-refractivity contribution is 0.0267. The molecule has 0 heterocycles. The van der Waals surface area contributed by atoms with Crippen LogP contribution >= 0.6 is 0 Å². The highest BCUT2D eigenvalue weighted by Crippen LogP contribution is 2.22. The molecular formula is C20H22O2. The van der Waals surface area contributed by atoms with Crippen molar-refractivity contribution in [2.75, 3.05) is 0 Å². The topological polar surface area (TPSA) is 26.3 Å². The van der Waals surface area contributed by atoms with Crippen molar-refractivity contribution in [1.29, 1.82) is 0 Å². The van der Waals surface area contributed by atoms with Gasteiger partial charge in [-0.15, -0.1) is 0 Å². The third kappa shape index (κ3) is 3.76. The molecule has 3 rings (SSSR count). The van der Waals surface area contributed by atoms with Crippen LogP contribution in [0.1, 0.15) is 48.9 Å². The zero-order valence-electron chi connectivity index (χ0n) is 12.8. The number of esters is 1. The van der Waals surface area contributed by atoms with Crippen molar-refractivity contribution in [3.05, 3.63) is 60.2 Å². The minimum Gasteiger partial charge on any atom is -0.459 e. The first-order valence-electron chi connectivity index (χ1n) is 8.19. The number of ether oxygens (including phenoxy) is 1. The fourth-order valence-electron chi connectivity index (χ4n) is 3.01. The molecule has 0 unspecified atom stereocenters. The number of benzene rings is 2. The Kier molecular flexibility index (Phi) is 4.89. The first-order valence-corrected chi connectivity index (χ1v) is 8.19. The smallest absolute Gasteiger partial charge is 0.338 e. The van der Waals surface area contributed by atoms with Gasteiger partial charge in [0.1, 0.15) is 6.10 Å². The molecule has 0 atom stereocenters. The second-order valence-corrected chi connectivity index (χ2v) is 5.96. The molecule has 0 N–H and O–H groups in total. The van der Waals surface area contributed by atoms with Gasteiger partial charge in [-0.2, -0.15) is 0 Å². The molecule has 1 saturated carbocycles. The molecule has 0 aromatic heterocycles. The van der Waals surface area contributed by atoms with Crippen LogP contribution in [0.2, 0.25) is 0 Å². The number of rotatable bonds is 3. The Morgan fingerprint density at radius 1 is 0.773 bits per heavy atom. The van der Waals surface area contributed by atoms with Crippen LogP contribution in [-0.2, 0) is 4.74 Å². The molecule has 0 bridgehead atoms. The van der Waals surface area contributed by atoms with E-state index in [9.17, 15) is 4.79 Å². The van der Waals surface area contributed by atoms with E-state index in [0.29, 0.717) is 5.56 Å². The molecule has 0 spiro atoms. The average molecular weight is 294 g/mol. The number of carbonyl (C=O) groups is 1. The minimum atomic E-state index is -0.188. The molecule has 22 heavy (non-hydrogen) atoms. The Labute approximate surface area is 132 Å². The average Bonchev–Trinajstić information content (AvgIpc) is 2.84. The molecule has 0 amide bonds. The van der Waals surface area contributed by atoms with Gasteiger partial charge in [-0.1, -0.05) is 55.3 Å². The molecule has 114 valence electrons. The summed E-state index contributed by atoms with van der Waals surface area (Å²) in [6, 6.07) is 17.9. The van der Waals surface area contributed by atoms with E-state index in [1.807, 2.05) is 42.5 Å². The number of carbonyl (C=O) groups excluding carboxylic acids is 1. The van der Waals surface area contributed by atoms with E-state index in [2.05, 4.69) is 12.1 Å². The molecule has 0 aliphatic heterocycles. The maximum absolute atomic E-state index is 12.3. The van der Waals surface area contributed by atoms with Gasteiger partial charge in [-0.25, -0.2) is 4.79 Å². The Morgan fingerprint density at radius 3 is 2.00 bits per heavy atom. The normalized spacial score (nSPS) is 16.0. The Bertz CT molecular complexity index is 593. The molecule has 1 fully saturated rings. The fourth-order valence-corrected chi connectivity index (χ4v) is 3.01. The molecule has 0 saturated heterocycles. The summed E-state index contributed by atoms with van der Waals surface area (Å²) in [5, 5.41) is 0. The van der Waals surface area contributed by atoms with Gasteiger partial charge in [-0.3, -0.25) is 0 Å². The van der Waals surface area contributed by atoms with E-state index in [1.165, 1.54) is 25.7 Å². The summed E-state index contributed by atoms with van der Waals surface area (Å²) >= 11 is 0. The van der Waals surface area contributed by atoms with E-state index in [0.717, 1.165) is 24.0 Å². The second kappa shape index (κ2) is 7.26. The van der Waals surface area contributed by atoms with Crippen LogP contribution in [0, 0.1) is 0 Å². The first kappa shape index (κ1) is 14.8. The van der Waals surface area contributed by atoms with Crippen molar-refractivity contribution in [3.8, 4) is 11.1 Å². The number of hydrogen-bond acceptors (Lipinski definition) is 2. The summed E-state index contributed by atoms with van der Waals surface area (Å²) in [6.45, 7) is 0. The molecular weight excluding hydrogens is 272 g/mol. The van der Waals surface area contributed by atoms with Crippen molar-refractivity contribution >= 4 is 5.97 Å². The van der Waals surface area contributed by atoms with Crippen LogP contribution in [0.5, 0.6) is 0 Å². The van der Waals surface area contributed by atoms with Gasteiger partial charge in [0.05, 0.1) is 5.56 Å². The van der Waals surface area contributed by atoms with E-state index >= 15 is 0 Å². The van der Waals surface area contributed by atoms with Crippen molar-refractivity contribution < 1.29 is 9.53 Å². The standard InChI is InChI=1S/C20H22O2/c21-20(22-19-10-6-1-2-7-11-19)18-14-12-17(13-15-18)16-8-4-3-5-9-16/h3-5,8-9,12-15,19H,1-2,6-7,10-11H2. The lowest BCUT2D eigenvalue weighted by atomic mass is 10.0. The van der Waals surface area contributed by atoms with E-state index in [1.54, 1.807) is 0 Å². The molecule has 1 aliphatic carbocycles. The zero-order chi connectivity index (χ0) is 15.2. The summed E-state index contributed by atoms with van der Waals surface area (Å²) in [5.41, 5.74) is 2.92. The van der Waals surface area contributed by atoms with Gasteiger partial charge in [0, 0.05) is 0 Å². The van der Waals surface area contributed by atoms with Crippen LogP contribution in [-0.4, -0.2) is 12.1 Å². The maximum Gasteiger partial charge on any atom is 0.338 e. The first-order chi connectivity index (χ1) is 10.8. The SMILES string of the molecule is O=C(OC1CCCCCC1)c1ccc(-c2ccccc2)cc1. The highest BCUT2D eigenvalue weighted by atomic mass is 16.5. The van der Waals surface area contributed by atoms with Crippen LogP contribution in [0.4, 0.5) is 0 Å². The molecule has 2 aromatic rings. The monoisotopic (exact) mass is 294 g/mol. The van der Waals surface area contributed by atoms with Crippen LogP contribution < -0.4 is 0 Å². The molecule has 2 aromatic carbocycles. The fraction of sp³-hybridized carbons (Fsp3) is 0.350. The largest absolute Gasteiger partial charge is 0.459 e.